The van der Waals surface area contributed by atoms with Gasteiger partial charge in [0.15, 0.2) is 18.9 Å². The highest BCUT2D eigenvalue weighted by Gasteiger charge is 2.56. The molecule has 1 unspecified atom stereocenters. The van der Waals surface area contributed by atoms with Crippen LogP contribution in [0.25, 0.3) is 0 Å². The summed E-state index contributed by atoms with van der Waals surface area (Å²) in [7, 11) is -3.14. The third kappa shape index (κ3) is 10.3. The number of aliphatic hydroxyl groups excluding tert-OH is 2. The van der Waals surface area contributed by atoms with Crippen molar-refractivity contribution >= 4 is 18.7 Å². The van der Waals surface area contributed by atoms with Gasteiger partial charge in [-0.25, -0.2) is 0 Å². The van der Waals surface area contributed by atoms with Crippen molar-refractivity contribution in [2.75, 3.05) is 19.8 Å². The van der Waals surface area contributed by atoms with Gasteiger partial charge in [-0.2, -0.15) is 0 Å². The smallest absolute Gasteiger partial charge is 0.261 e. The molecule has 2 N–H and O–H groups in total. The van der Waals surface area contributed by atoms with Crippen LogP contribution in [0, 0.1) is 0 Å². The summed E-state index contributed by atoms with van der Waals surface area (Å²) in [6, 6.07) is 49.7. The molecule has 3 heterocycles. The van der Waals surface area contributed by atoms with Crippen LogP contribution < -0.4 is 10.4 Å². The lowest BCUT2D eigenvalue weighted by Gasteiger charge is -2.51. The summed E-state index contributed by atoms with van der Waals surface area (Å²) in [6.07, 6.45) is -9.52. The monoisotopic (exact) mass is 888 g/mol. The molecule has 0 saturated carbocycles. The molecule has 0 aromatic heterocycles. The average Bonchev–Trinajstić information content (AvgIpc) is 3.33. The van der Waals surface area contributed by atoms with E-state index >= 15 is 0 Å². The van der Waals surface area contributed by atoms with Crippen molar-refractivity contribution in [3.8, 4) is 0 Å². The van der Waals surface area contributed by atoms with Crippen LogP contribution in [0.4, 0.5) is 0 Å². The molecule has 0 spiro atoms. The molecule has 0 amide bonds. The van der Waals surface area contributed by atoms with Gasteiger partial charge >= 0.3 is 0 Å². The zero-order valence-electron chi connectivity index (χ0n) is 36.7. The Balaban J connectivity index is 1.15. The van der Waals surface area contributed by atoms with Crippen molar-refractivity contribution in [3.63, 3.8) is 0 Å². The average molecular weight is 889 g/mol. The largest absolute Gasteiger partial charge is 0.405 e. The molecule has 3 saturated heterocycles. The molecule has 0 radical (unpaired) electrons. The molecule has 0 aliphatic carbocycles. The van der Waals surface area contributed by atoms with Gasteiger partial charge in [-0.05, 0) is 26.5 Å². The van der Waals surface area contributed by atoms with Crippen LogP contribution in [0.3, 0.4) is 0 Å². The minimum absolute atomic E-state index is 0.0112. The van der Waals surface area contributed by atoms with Gasteiger partial charge in [-0.3, -0.25) is 0 Å². The van der Waals surface area contributed by atoms with Crippen LogP contribution >= 0.6 is 0 Å². The van der Waals surface area contributed by atoms with Crippen LogP contribution in [0.15, 0.2) is 164 Å². The molecule has 3 aliphatic rings. The van der Waals surface area contributed by atoms with E-state index in [1.54, 1.807) is 6.08 Å². The fourth-order valence-electron chi connectivity index (χ4n) is 8.99. The Morgan fingerprint density at radius 2 is 1.16 bits per heavy atom. The molecule has 11 nitrogen and oxygen atoms in total. The second-order valence-electron chi connectivity index (χ2n) is 17.5. The van der Waals surface area contributed by atoms with Crippen LogP contribution in [-0.4, -0.2) is 99.8 Å². The van der Waals surface area contributed by atoms with Crippen molar-refractivity contribution in [1.29, 1.82) is 0 Å². The Bertz CT molecular complexity index is 2120. The molecule has 0 bridgehead atoms. The topological polar surface area (TPSA) is 124 Å². The normalized spacial score (nSPS) is 28.5. The number of aliphatic hydroxyl groups is 2. The number of fused-ring (bicyclic) bond motifs is 1. The Labute approximate surface area is 377 Å². The summed E-state index contributed by atoms with van der Waals surface area (Å²) in [5.41, 5.74) is 2.63. The highest BCUT2D eigenvalue weighted by Crippen LogP contribution is 2.40. The first-order valence-corrected chi connectivity index (χ1v) is 24.0. The Morgan fingerprint density at radius 1 is 0.625 bits per heavy atom. The van der Waals surface area contributed by atoms with Crippen molar-refractivity contribution in [1.82, 2.24) is 0 Å². The maximum atomic E-state index is 12.3. The van der Waals surface area contributed by atoms with E-state index in [-0.39, 0.29) is 38.1 Å². The summed E-state index contributed by atoms with van der Waals surface area (Å²) in [5, 5.41) is 26.3. The van der Waals surface area contributed by atoms with Gasteiger partial charge in [-0.15, -0.1) is 6.58 Å². The Morgan fingerprint density at radius 3 is 1.72 bits per heavy atom. The fraction of sp³-hybridized carbons (Fsp3) is 0.385. The molecule has 8 rings (SSSR count). The van der Waals surface area contributed by atoms with Crippen LogP contribution in [0.1, 0.15) is 43.8 Å². The first-order valence-electron chi connectivity index (χ1n) is 22.1. The van der Waals surface area contributed by atoms with Gasteiger partial charge in [0.25, 0.3) is 8.32 Å². The van der Waals surface area contributed by atoms with Gasteiger partial charge in [0.1, 0.15) is 48.8 Å². The van der Waals surface area contributed by atoms with E-state index in [1.165, 1.54) is 0 Å². The fourth-order valence-corrected chi connectivity index (χ4v) is 13.6. The Hall–Kier alpha value is -4.38. The van der Waals surface area contributed by atoms with Crippen molar-refractivity contribution < 1.29 is 52.5 Å². The summed E-state index contributed by atoms with van der Waals surface area (Å²) >= 11 is 0. The van der Waals surface area contributed by atoms with E-state index in [4.69, 9.17) is 42.3 Å². The lowest BCUT2D eigenvalue weighted by Crippen LogP contribution is -2.69. The van der Waals surface area contributed by atoms with Crippen molar-refractivity contribution in [3.05, 3.63) is 181 Å². The third-order valence-electron chi connectivity index (χ3n) is 12.1. The maximum Gasteiger partial charge on any atom is 0.261 e. The van der Waals surface area contributed by atoms with Crippen molar-refractivity contribution in [2.45, 2.75) is 107 Å². The summed E-state index contributed by atoms with van der Waals surface area (Å²) < 4.78 is 59.9. The summed E-state index contributed by atoms with van der Waals surface area (Å²) in [4.78, 5) is 0. The summed E-state index contributed by atoms with van der Waals surface area (Å²) in [5.74, 6) is 0. The highest BCUT2D eigenvalue weighted by molar-refractivity contribution is 6.99. The molecule has 64 heavy (non-hydrogen) atoms. The highest BCUT2D eigenvalue weighted by atomic mass is 28.4. The standard InChI is InChI=1S/C52H60O11Si/c1-5-31-55-47-44(54)51(61-41-34-58-49(62-45(41)47)38-25-15-8-16-26-38)63-46-42(35-59-64(52(2,3)4,39-27-17-9-18-28-39)40-29-19-10-20-30-40)60-50(57-33-37-23-13-7-14-24-37)43(53)48(46)56-32-36-21-11-6-12-22-36/h5-30,41-51,53-54H,1,31-35H2,2-4H3/t41-,42-,43-,44-,45+,46-,47-,48-,49?,50-,51+/m1/s1. The van der Waals surface area contributed by atoms with E-state index in [2.05, 4.69) is 51.6 Å². The minimum atomic E-state index is -3.14. The molecule has 338 valence electrons. The maximum absolute atomic E-state index is 12.3. The molecule has 5 aromatic rings. The quantitative estimate of drug-likeness (QED) is 0.0776. The van der Waals surface area contributed by atoms with Crippen molar-refractivity contribution in [2.24, 2.45) is 0 Å². The molecular formula is C52H60O11Si. The number of hydrogen-bond acceptors (Lipinski definition) is 11. The molecule has 12 heteroatoms. The number of hydrogen-bond donors (Lipinski definition) is 2. The van der Waals surface area contributed by atoms with E-state index in [9.17, 15) is 10.2 Å². The lowest BCUT2D eigenvalue weighted by molar-refractivity contribution is -0.390. The van der Waals surface area contributed by atoms with Gasteiger partial charge in [0.05, 0.1) is 33.0 Å². The summed E-state index contributed by atoms with van der Waals surface area (Å²) in [6.45, 7) is 11.1. The second-order valence-corrected chi connectivity index (χ2v) is 21.8. The predicted molar refractivity (Wildman–Crippen MR) is 244 cm³/mol. The molecule has 3 fully saturated rings. The molecule has 5 aromatic carbocycles. The predicted octanol–water partition coefficient (Wildman–Crippen LogP) is 6.61. The number of rotatable bonds is 17. The van der Waals surface area contributed by atoms with Gasteiger partial charge < -0.3 is 52.5 Å². The van der Waals surface area contributed by atoms with E-state index < -0.39 is 76.0 Å². The zero-order valence-corrected chi connectivity index (χ0v) is 37.7. The first-order chi connectivity index (χ1) is 31.2. The van der Waals surface area contributed by atoms with E-state index in [1.807, 2.05) is 127 Å². The van der Waals surface area contributed by atoms with E-state index in [0.717, 1.165) is 27.1 Å². The SMILES string of the molecule is C=CCO[C@@H]1[C@@H](O)[C@H](O[C@H]2[C@H](OCc3ccccc3)[C@@H](O)[C@H](OCc3ccccc3)O[C@@H]2CO[Si](c2ccccc2)(c2ccccc2)C(C)(C)C)O[C@@H]2COC(c3ccccc3)O[C@H]12. The lowest BCUT2D eigenvalue weighted by atomic mass is 9.95. The molecule has 11 atom stereocenters. The zero-order chi connectivity index (χ0) is 44.5. The van der Waals surface area contributed by atoms with Gasteiger partial charge in [-0.1, -0.05) is 179 Å². The molecular weight excluding hydrogens is 829 g/mol. The van der Waals surface area contributed by atoms with E-state index in [0.29, 0.717) is 0 Å². The number of ether oxygens (including phenoxy) is 8. The minimum Gasteiger partial charge on any atom is -0.405 e. The molecule has 3 aliphatic heterocycles. The van der Waals surface area contributed by atoms with Gasteiger partial charge in [0.2, 0.25) is 0 Å². The van der Waals surface area contributed by atoms with Crippen LogP contribution in [0.5, 0.6) is 0 Å². The first kappa shape index (κ1) is 46.2. The van der Waals surface area contributed by atoms with Crippen LogP contribution in [0.2, 0.25) is 5.04 Å². The number of benzene rings is 5. The third-order valence-corrected chi connectivity index (χ3v) is 17.1. The Kier molecular flexibility index (Phi) is 15.4. The van der Waals surface area contributed by atoms with Crippen LogP contribution in [-0.2, 0) is 55.5 Å². The second kappa shape index (κ2) is 21.3. The van der Waals surface area contributed by atoms with Gasteiger partial charge in [0, 0.05) is 5.56 Å².